The summed E-state index contributed by atoms with van der Waals surface area (Å²) in [6.45, 7) is 0. The van der Waals surface area contributed by atoms with Crippen molar-refractivity contribution in [2.45, 2.75) is 0 Å². The van der Waals surface area contributed by atoms with Crippen LogP contribution in [0.15, 0.2) is 47.0 Å². The van der Waals surface area contributed by atoms with Gasteiger partial charge in [-0.2, -0.15) is 0 Å². The average Bonchev–Trinajstić information content (AvgIpc) is 2.66. The Morgan fingerprint density at radius 1 is 0.867 bits per heavy atom. The van der Waals surface area contributed by atoms with Gasteiger partial charge in [0.15, 0.2) is 0 Å². The van der Waals surface area contributed by atoms with Crippen molar-refractivity contribution in [3.8, 4) is 0 Å². The van der Waals surface area contributed by atoms with Crippen molar-refractivity contribution in [2.24, 2.45) is 0 Å². The van der Waals surface area contributed by atoms with E-state index < -0.39 is 0 Å². The third-order valence-electron chi connectivity index (χ3n) is 2.88. The van der Waals surface area contributed by atoms with E-state index in [1.807, 2.05) is 36.5 Å². The van der Waals surface area contributed by atoms with Crippen LogP contribution >= 0.6 is 0 Å². The van der Waals surface area contributed by atoms with Gasteiger partial charge in [0.05, 0.1) is 10.9 Å². The van der Waals surface area contributed by atoms with Crippen molar-refractivity contribution in [3.05, 3.63) is 42.6 Å². The molecule has 0 atom stereocenters. The highest BCUT2D eigenvalue weighted by Gasteiger charge is 2.11. The van der Waals surface area contributed by atoms with Crippen LogP contribution in [0.4, 0.5) is 0 Å². The Kier molecular flexibility index (Phi) is 1.10. The number of aromatic nitrogens is 1. The summed E-state index contributed by atoms with van der Waals surface area (Å²) in [7, 11) is 0. The van der Waals surface area contributed by atoms with E-state index in [-0.39, 0.29) is 0 Å². The van der Waals surface area contributed by atoms with E-state index in [4.69, 9.17) is 4.42 Å². The van der Waals surface area contributed by atoms with Gasteiger partial charge in [-0.25, -0.2) is 0 Å². The van der Waals surface area contributed by atoms with Crippen LogP contribution in [-0.2, 0) is 0 Å². The van der Waals surface area contributed by atoms with Crippen molar-refractivity contribution in [1.82, 2.24) is 4.98 Å². The highest BCUT2D eigenvalue weighted by molar-refractivity contribution is 6.20. The van der Waals surface area contributed by atoms with Crippen molar-refractivity contribution in [1.29, 1.82) is 0 Å². The summed E-state index contributed by atoms with van der Waals surface area (Å²) in [4.78, 5) is 4.42. The van der Waals surface area contributed by atoms with Gasteiger partial charge in [0, 0.05) is 17.0 Å². The molecule has 0 amide bonds. The van der Waals surface area contributed by atoms with E-state index >= 15 is 0 Å². The van der Waals surface area contributed by atoms with Gasteiger partial charge in [0.1, 0.15) is 11.2 Å². The second-order valence-corrected chi connectivity index (χ2v) is 3.73. The molecule has 0 spiro atoms. The molecule has 4 aromatic rings. The molecule has 0 aliphatic heterocycles. The van der Waals surface area contributed by atoms with Crippen molar-refractivity contribution in [2.75, 3.05) is 0 Å². The molecule has 0 N–H and O–H groups in total. The minimum Gasteiger partial charge on any atom is -0.456 e. The third-order valence-corrected chi connectivity index (χ3v) is 2.88. The molecule has 2 heterocycles. The van der Waals surface area contributed by atoms with E-state index in [0.717, 1.165) is 27.5 Å². The van der Waals surface area contributed by atoms with E-state index in [1.54, 1.807) is 0 Å². The lowest BCUT2D eigenvalue weighted by atomic mass is 10.1. The van der Waals surface area contributed by atoms with Gasteiger partial charge in [-0.3, -0.25) is 4.98 Å². The van der Waals surface area contributed by atoms with Crippen LogP contribution in [-0.4, -0.2) is 4.98 Å². The molecule has 2 nitrogen and oxygen atoms in total. The summed E-state index contributed by atoms with van der Waals surface area (Å²) >= 11 is 0. The van der Waals surface area contributed by atoms with Gasteiger partial charge in [-0.15, -0.1) is 0 Å². The van der Waals surface area contributed by atoms with Crippen LogP contribution in [0.3, 0.4) is 0 Å². The number of furan rings is 1. The maximum atomic E-state index is 5.77. The maximum Gasteiger partial charge on any atom is 0.137 e. The van der Waals surface area contributed by atoms with Crippen LogP contribution in [0.1, 0.15) is 0 Å². The fraction of sp³-hybridized carbons (Fsp3) is 0. The van der Waals surface area contributed by atoms with Gasteiger partial charge < -0.3 is 4.42 Å². The van der Waals surface area contributed by atoms with Crippen LogP contribution in [0.25, 0.3) is 32.8 Å². The first-order valence-corrected chi connectivity index (χ1v) is 4.92. The Labute approximate surface area is 85.5 Å². The van der Waals surface area contributed by atoms with Crippen LogP contribution < -0.4 is 0 Å². The Bertz CT molecular complexity index is 705. The van der Waals surface area contributed by atoms with E-state index in [2.05, 4.69) is 11.1 Å². The molecule has 0 aliphatic rings. The van der Waals surface area contributed by atoms with E-state index in [0.29, 0.717) is 0 Å². The summed E-state index contributed by atoms with van der Waals surface area (Å²) < 4.78 is 5.77. The van der Waals surface area contributed by atoms with E-state index in [1.165, 1.54) is 5.39 Å². The molecule has 0 saturated carbocycles. The smallest absolute Gasteiger partial charge is 0.137 e. The number of hydrogen-bond donors (Lipinski definition) is 0. The number of benzene rings is 2. The number of nitrogens with zero attached hydrogens (tertiary/aromatic N) is 1. The highest BCUT2D eigenvalue weighted by atomic mass is 16.3. The fourth-order valence-corrected chi connectivity index (χ4v) is 2.23. The number of hydrogen-bond acceptors (Lipinski definition) is 2. The molecular formula is C13H7NO. The molecule has 70 valence electrons. The standard InChI is InChI=1S/C13H7NO/c1-3-8-7-14-9-4-2-6-11-13(9)12(8)10(5-1)15-11/h1-7H. The quantitative estimate of drug-likeness (QED) is 0.399. The molecule has 0 bridgehead atoms. The Hall–Kier alpha value is -2.09. The monoisotopic (exact) mass is 193 g/mol. The molecule has 0 radical (unpaired) electrons. The highest BCUT2D eigenvalue weighted by Crippen LogP contribution is 2.34. The Morgan fingerprint density at radius 3 is 2.60 bits per heavy atom. The summed E-state index contributed by atoms with van der Waals surface area (Å²) in [6.07, 6.45) is 1.90. The Morgan fingerprint density at radius 2 is 1.67 bits per heavy atom. The Balaban J connectivity index is 2.54. The molecule has 0 saturated heterocycles. The van der Waals surface area contributed by atoms with Crippen molar-refractivity contribution < 1.29 is 4.42 Å². The van der Waals surface area contributed by atoms with Gasteiger partial charge in [0.25, 0.3) is 0 Å². The second kappa shape index (κ2) is 2.28. The zero-order valence-corrected chi connectivity index (χ0v) is 7.90. The summed E-state index contributed by atoms with van der Waals surface area (Å²) in [5.41, 5.74) is 2.87. The van der Waals surface area contributed by atoms with Gasteiger partial charge in [-0.1, -0.05) is 18.2 Å². The summed E-state index contributed by atoms with van der Waals surface area (Å²) in [5, 5.41) is 3.48. The topological polar surface area (TPSA) is 26.0 Å². The van der Waals surface area contributed by atoms with Crippen LogP contribution in [0, 0.1) is 0 Å². The van der Waals surface area contributed by atoms with Crippen LogP contribution in [0.2, 0.25) is 0 Å². The number of rotatable bonds is 0. The lowest BCUT2D eigenvalue weighted by Crippen LogP contribution is -1.79. The molecule has 2 aromatic heterocycles. The average molecular weight is 193 g/mol. The predicted molar refractivity (Wildman–Crippen MR) is 60.2 cm³/mol. The molecular weight excluding hydrogens is 186 g/mol. The predicted octanol–water partition coefficient (Wildman–Crippen LogP) is 3.57. The first-order chi connectivity index (χ1) is 7.43. The van der Waals surface area contributed by atoms with Gasteiger partial charge in [0.2, 0.25) is 0 Å². The molecule has 4 rings (SSSR count). The molecule has 2 heteroatoms. The van der Waals surface area contributed by atoms with Crippen LogP contribution in [0.5, 0.6) is 0 Å². The lowest BCUT2D eigenvalue weighted by molar-refractivity contribution is 0.669. The SMILES string of the molecule is c1cc2cnc3cccc4oc(c1)c2c34. The number of pyridine rings is 1. The third kappa shape index (κ3) is 0.773. The van der Waals surface area contributed by atoms with Gasteiger partial charge >= 0.3 is 0 Å². The zero-order chi connectivity index (χ0) is 9.83. The molecule has 2 aromatic carbocycles. The molecule has 15 heavy (non-hydrogen) atoms. The maximum absolute atomic E-state index is 5.77. The normalized spacial score (nSPS) is 12.0. The van der Waals surface area contributed by atoms with Crippen molar-refractivity contribution in [3.63, 3.8) is 0 Å². The minimum absolute atomic E-state index is 0.923. The zero-order valence-electron chi connectivity index (χ0n) is 7.90. The van der Waals surface area contributed by atoms with Crippen molar-refractivity contribution >= 4 is 32.8 Å². The fourth-order valence-electron chi connectivity index (χ4n) is 2.23. The van der Waals surface area contributed by atoms with Gasteiger partial charge in [-0.05, 0) is 18.2 Å². The lowest BCUT2D eigenvalue weighted by Gasteiger charge is -1.97. The minimum atomic E-state index is 0.923. The molecule has 0 fully saturated rings. The first-order valence-electron chi connectivity index (χ1n) is 4.92. The molecule has 0 aliphatic carbocycles. The first kappa shape index (κ1) is 7.23. The van der Waals surface area contributed by atoms with E-state index in [9.17, 15) is 0 Å². The summed E-state index contributed by atoms with van der Waals surface area (Å²) in [5.74, 6) is 0. The second-order valence-electron chi connectivity index (χ2n) is 3.73. The largest absolute Gasteiger partial charge is 0.456 e. The molecule has 0 unspecified atom stereocenters. The summed E-state index contributed by atoms with van der Waals surface area (Å²) in [6, 6.07) is 12.0.